The van der Waals surface area contributed by atoms with Crippen molar-refractivity contribution in [3.05, 3.63) is 23.8 Å². The fraction of sp³-hybridized carbons (Fsp3) is 0.462. The number of alkyl halides is 1. The number of fused-ring (bicyclic) bond motifs is 1. The number of amides is 1. The Labute approximate surface area is 123 Å². The molecule has 0 bridgehead atoms. The maximum atomic E-state index is 11.8. The molecule has 0 aliphatic carbocycles. The van der Waals surface area contributed by atoms with Crippen LogP contribution in [0.2, 0.25) is 0 Å². The molecule has 1 aromatic rings. The van der Waals surface area contributed by atoms with Crippen molar-refractivity contribution in [2.24, 2.45) is 0 Å². The summed E-state index contributed by atoms with van der Waals surface area (Å²) in [7, 11) is -3.33. The van der Waals surface area contributed by atoms with Crippen LogP contribution < -0.4 is 10.1 Å². The summed E-state index contributed by atoms with van der Waals surface area (Å²) in [4.78, 5) is 11.3. The van der Waals surface area contributed by atoms with Crippen molar-refractivity contribution in [2.75, 3.05) is 18.2 Å². The van der Waals surface area contributed by atoms with E-state index >= 15 is 0 Å². The molecule has 0 fully saturated rings. The first-order chi connectivity index (χ1) is 9.13. The van der Waals surface area contributed by atoms with Gasteiger partial charge in [0.1, 0.15) is 5.75 Å². The highest BCUT2D eigenvalue weighted by Crippen LogP contribution is 2.40. The number of benzene rings is 1. The van der Waals surface area contributed by atoms with E-state index in [-0.39, 0.29) is 12.5 Å². The molecule has 7 heteroatoms. The lowest BCUT2D eigenvalue weighted by atomic mass is 10.0. The summed E-state index contributed by atoms with van der Waals surface area (Å²) in [6.45, 7) is 3.13. The highest BCUT2D eigenvalue weighted by Gasteiger charge is 2.39. The Morgan fingerprint density at radius 1 is 1.40 bits per heavy atom. The molecule has 110 valence electrons. The molecule has 1 aromatic carbocycles. The molecule has 1 amide bonds. The summed E-state index contributed by atoms with van der Waals surface area (Å²) in [5.74, 6) is 0.303. The number of ether oxygens (including phenoxy) is 1. The van der Waals surface area contributed by atoms with Crippen LogP contribution in [-0.4, -0.2) is 31.9 Å². The van der Waals surface area contributed by atoms with Gasteiger partial charge in [-0.2, -0.15) is 0 Å². The molecule has 1 aliphatic rings. The number of carbonyl (C=O) groups is 1. The Morgan fingerprint density at radius 3 is 2.65 bits per heavy atom. The fourth-order valence-corrected chi connectivity index (χ4v) is 2.98. The maximum Gasteiger partial charge on any atom is 0.262 e. The zero-order valence-corrected chi connectivity index (χ0v) is 13.0. The minimum absolute atomic E-state index is 0.0223. The number of carbonyl (C=O) groups excluding carboxylic acids is 1. The van der Waals surface area contributed by atoms with Gasteiger partial charge in [0.15, 0.2) is 16.4 Å². The lowest BCUT2D eigenvalue weighted by molar-refractivity contribution is -0.118. The normalized spacial score (nSPS) is 16.9. The van der Waals surface area contributed by atoms with E-state index in [0.29, 0.717) is 17.0 Å². The van der Waals surface area contributed by atoms with Gasteiger partial charge in [-0.3, -0.25) is 4.79 Å². The fourth-order valence-electron chi connectivity index (χ4n) is 1.85. The van der Waals surface area contributed by atoms with Crippen molar-refractivity contribution in [1.29, 1.82) is 0 Å². The molecule has 0 radical (unpaired) electrons. The van der Waals surface area contributed by atoms with Crippen LogP contribution in [0.4, 0.5) is 5.69 Å². The largest absolute Gasteiger partial charge is 0.482 e. The zero-order chi connectivity index (χ0) is 15.1. The molecule has 0 aromatic heterocycles. The first kappa shape index (κ1) is 15.1. The molecule has 1 atom stereocenters. The van der Waals surface area contributed by atoms with Crippen molar-refractivity contribution in [2.45, 2.75) is 24.0 Å². The third-order valence-electron chi connectivity index (χ3n) is 3.50. The molecule has 1 N–H and O–H groups in total. The van der Waals surface area contributed by atoms with E-state index in [4.69, 9.17) is 16.3 Å². The molecule has 0 spiro atoms. The van der Waals surface area contributed by atoms with Gasteiger partial charge in [0.05, 0.1) is 15.8 Å². The molecule has 20 heavy (non-hydrogen) atoms. The van der Waals surface area contributed by atoms with Crippen molar-refractivity contribution in [3.8, 4) is 5.75 Å². The van der Waals surface area contributed by atoms with Crippen molar-refractivity contribution < 1.29 is 17.9 Å². The van der Waals surface area contributed by atoms with E-state index in [2.05, 4.69) is 5.32 Å². The van der Waals surface area contributed by atoms with E-state index in [1.807, 2.05) is 0 Å². The zero-order valence-electron chi connectivity index (χ0n) is 11.4. The SMILES string of the molecule is CC(C)(C(Cl)c1ccc2c(c1)NC(=O)CO2)S(C)(=O)=O. The van der Waals surface area contributed by atoms with Gasteiger partial charge >= 0.3 is 0 Å². The predicted octanol–water partition coefficient (Wildman–Crippen LogP) is 2.12. The first-order valence-electron chi connectivity index (χ1n) is 6.03. The van der Waals surface area contributed by atoms with Crippen LogP contribution in [0.15, 0.2) is 18.2 Å². The van der Waals surface area contributed by atoms with Gasteiger partial charge in [-0.1, -0.05) is 6.07 Å². The molecule has 1 aliphatic heterocycles. The molecule has 2 rings (SSSR count). The van der Waals surface area contributed by atoms with Crippen LogP contribution in [0.1, 0.15) is 24.8 Å². The maximum absolute atomic E-state index is 11.8. The van der Waals surface area contributed by atoms with Gasteiger partial charge in [0, 0.05) is 6.26 Å². The number of hydrogen-bond donors (Lipinski definition) is 1. The molecular formula is C13H16ClNO4S. The first-order valence-corrected chi connectivity index (χ1v) is 8.36. The Kier molecular flexibility index (Phi) is 3.73. The predicted molar refractivity (Wildman–Crippen MR) is 78.1 cm³/mol. The topological polar surface area (TPSA) is 72.5 Å². The Bertz CT molecular complexity index is 654. The molecule has 0 saturated carbocycles. The minimum Gasteiger partial charge on any atom is -0.482 e. The Balaban J connectivity index is 2.39. The lowest BCUT2D eigenvalue weighted by Gasteiger charge is -2.29. The second-order valence-corrected chi connectivity index (χ2v) is 8.36. The Morgan fingerprint density at radius 2 is 2.05 bits per heavy atom. The van der Waals surface area contributed by atoms with E-state index in [1.54, 1.807) is 32.0 Å². The second-order valence-electron chi connectivity index (χ2n) is 5.33. The standard InChI is InChI=1S/C13H16ClNO4S/c1-13(2,20(3,17)18)12(14)8-4-5-10-9(6-8)15-11(16)7-19-10/h4-6,12H,7H2,1-3H3,(H,15,16). The smallest absolute Gasteiger partial charge is 0.262 e. The van der Waals surface area contributed by atoms with Gasteiger partial charge in [0.2, 0.25) is 0 Å². The highest BCUT2D eigenvalue weighted by molar-refractivity contribution is 7.92. The van der Waals surface area contributed by atoms with Crippen molar-refractivity contribution in [3.63, 3.8) is 0 Å². The molecule has 1 unspecified atom stereocenters. The van der Waals surface area contributed by atoms with Crippen molar-refractivity contribution in [1.82, 2.24) is 0 Å². The van der Waals surface area contributed by atoms with Crippen LogP contribution in [-0.2, 0) is 14.6 Å². The monoisotopic (exact) mass is 317 g/mol. The summed E-state index contributed by atoms with van der Waals surface area (Å²) in [5.41, 5.74) is 1.13. The van der Waals surface area contributed by atoms with Crippen LogP contribution in [0.25, 0.3) is 0 Å². The van der Waals surface area contributed by atoms with Gasteiger partial charge < -0.3 is 10.1 Å². The number of anilines is 1. The van der Waals surface area contributed by atoms with Gasteiger partial charge in [-0.05, 0) is 31.5 Å². The summed E-state index contributed by atoms with van der Waals surface area (Å²) in [6, 6.07) is 5.04. The lowest BCUT2D eigenvalue weighted by Crippen LogP contribution is -2.35. The van der Waals surface area contributed by atoms with E-state index < -0.39 is 20.0 Å². The van der Waals surface area contributed by atoms with Gasteiger partial charge in [-0.25, -0.2) is 8.42 Å². The van der Waals surface area contributed by atoms with Crippen molar-refractivity contribution >= 4 is 33.0 Å². The number of sulfone groups is 1. The van der Waals surface area contributed by atoms with E-state index in [0.717, 1.165) is 6.26 Å². The number of halogens is 1. The quantitative estimate of drug-likeness (QED) is 0.867. The van der Waals surface area contributed by atoms with Crippen LogP contribution >= 0.6 is 11.6 Å². The molecule has 5 nitrogen and oxygen atoms in total. The molecule has 0 saturated heterocycles. The number of nitrogens with one attached hydrogen (secondary N) is 1. The summed E-state index contributed by atoms with van der Waals surface area (Å²) in [5, 5.41) is 1.94. The number of hydrogen-bond acceptors (Lipinski definition) is 4. The van der Waals surface area contributed by atoms with Gasteiger partial charge in [-0.15, -0.1) is 11.6 Å². The third-order valence-corrected chi connectivity index (χ3v) is 6.57. The minimum atomic E-state index is -3.33. The molecule has 1 heterocycles. The van der Waals surface area contributed by atoms with Crippen LogP contribution in [0.5, 0.6) is 5.75 Å². The summed E-state index contributed by atoms with van der Waals surface area (Å²) >= 11 is 6.33. The average Bonchev–Trinajstić information content (AvgIpc) is 2.35. The van der Waals surface area contributed by atoms with Crippen LogP contribution in [0, 0.1) is 0 Å². The van der Waals surface area contributed by atoms with E-state index in [9.17, 15) is 13.2 Å². The van der Waals surface area contributed by atoms with E-state index in [1.165, 1.54) is 0 Å². The third kappa shape index (κ3) is 2.62. The summed E-state index contributed by atoms with van der Waals surface area (Å²) < 4.78 is 27.8. The number of rotatable bonds is 3. The van der Waals surface area contributed by atoms with Gasteiger partial charge in [0.25, 0.3) is 5.91 Å². The van der Waals surface area contributed by atoms with Crippen LogP contribution in [0.3, 0.4) is 0 Å². The second kappa shape index (κ2) is 4.93. The summed E-state index contributed by atoms with van der Waals surface area (Å²) in [6.07, 6.45) is 1.16. The Hall–Kier alpha value is -1.27. The average molecular weight is 318 g/mol. The highest BCUT2D eigenvalue weighted by atomic mass is 35.5. The molecular weight excluding hydrogens is 302 g/mol.